The Kier molecular flexibility index (Phi) is 9.52. The van der Waals surface area contributed by atoms with Gasteiger partial charge in [-0.2, -0.15) is 0 Å². The van der Waals surface area contributed by atoms with Crippen molar-refractivity contribution in [2.75, 3.05) is 20.3 Å². The second-order valence-electron chi connectivity index (χ2n) is 7.97. The summed E-state index contributed by atoms with van der Waals surface area (Å²) in [6.07, 6.45) is 1.21. The molecule has 0 bridgehead atoms. The molecule has 0 fully saturated rings. The van der Waals surface area contributed by atoms with Crippen molar-refractivity contribution in [2.45, 2.75) is 32.4 Å². The van der Waals surface area contributed by atoms with Gasteiger partial charge in [0.1, 0.15) is 17.5 Å². The van der Waals surface area contributed by atoms with Gasteiger partial charge in [-0.1, -0.05) is 67.6 Å². The van der Waals surface area contributed by atoms with Crippen LogP contribution in [0.25, 0.3) is 0 Å². The summed E-state index contributed by atoms with van der Waals surface area (Å²) in [4.78, 5) is 28.4. The van der Waals surface area contributed by atoms with E-state index in [9.17, 15) is 9.59 Å². The molecule has 0 spiro atoms. The van der Waals surface area contributed by atoms with Gasteiger partial charge in [0.15, 0.2) is 6.61 Å². The summed E-state index contributed by atoms with van der Waals surface area (Å²) in [5, 5.41) is 2.97. The Bertz CT molecular complexity index is 1040. The molecule has 0 heterocycles. The molecule has 0 radical (unpaired) electrons. The number of benzene rings is 3. The minimum absolute atomic E-state index is 0.166. The molecule has 6 nitrogen and oxygen atoms in total. The summed E-state index contributed by atoms with van der Waals surface area (Å²) in [6.45, 7) is 2.64. The van der Waals surface area contributed by atoms with E-state index in [1.807, 2.05) is 79.7 Å². The van der Waals surface area contributed by atoms with Gasteiger partial charge in [-0.25, -0.2) is 0 Å². The number of hydrogen-bond acceptors (Lipinski definition) is 4. The van der Waals surface area contributed by atoms with E-state index < -0.39 is 6.04 Å². The predicted molar refractivity (Wildman–Crippen MR) is 133 cm³/mol. The molecule has 3 aromatic carbocycles. The second-order valence-corrected chi connectivity index (χ2v) is 7.97. The van der Waals surface area contributed by atoms with Crippen LogP contribution in [0.15, 0.2) is 84.9 Å². The number of methoxy groups -OCH3 is 1. The molecule has 0 aliphatic carbocycles. The van der Waals surface area contributed by atoms with E-state index in [2.05, 4.69) is 5.32 Å². The summed E-state index contributed by atoms with van der Waals surface area (Å²) in [6, 6.07) is 25.8. The van der Waals surface area contributed by atoms with Gasteiger partial charge >= 0.3 is 0 Å². The quantitative estimate of drug-likeness (QED) is 0.439. The Morgan fingerprint density at radius 1 is 0.882 bits per heavy atom. The van der Waals surface area contributed by atoms with E-state index in [0.717, 1.165) is 17.5 Å². The van der Waals surface area contributed by atoms with Crippen LogP contribution in [0.3, 0.4) is 0 Å². The molecule has 6 heteroatoms. The first-order chi connectivity index (χ1) is 16.6. The highest BCUT2D eigenvalue weighted by molar-refractivity contribution is 5.88. The van der Waals surface area contributed by atoms with Crippen LogP contribution in [0.5, 0.6) is 11.5 Å². The monoisotopic (exact) mass is 460 g/mol. The molecule has 178 valence electrons. The molecule has 0 aromatic heterocycles. The Hall–Kier alpha value is -3.80. The van der Waals surface area contributed by atoms with Crippen molar-refractivity contribution in [1.29, 1.82) is 0 Å². The fourth-order valence-corrected chi connectivity index (χ4v) is 3.63. The maximum atomic E-state index is 13.5. The van der Waals surface area contributed by atoms with Crippen molar-refractivity contribution in [3.63, 3.8) is 0 Å². The summed E-state index contributed by atoms with van der Waals surface area (Å²) in [7, 11) is 1.60. The number of nitrogens with zero attached hydrogens (tertiary/aromatic N) is 1. The average molecular weight is 461 g/mol. The van der Waals surface area contributed by atoms with Crippen molar-refractivity contribution in [2.24, 2.45) is 0 Å². The Labute approximate surface area is 201 Å². The predicted octanol–water partition coefficient (Wildman–Crippen LogP) is 4.24. The highest BCUT2D eigenvalue weighted by atomic mass is 16.5. The maximum absolute atomic E-state index is 13.5. The normalized spacial score (nSPS) is 11.4. The van der Waals surface area contributed by atoms with Crippen molar-refractivity contribution in [1.82, 2.24) is 10.2 Å². The van der Waals surface area contributed by atoms with Crippen molar-refractivity contribution >= 4 is 11.8 Å². The Balaban J connectivity index is 1.90. The number of carbonyl (C=O) groups is 2. The second kappa shape index (κ2) is 13.0. The molecule has 2 amide bonds. The molecule has 0 aliphatic rings. The fraction of sp³-hybridized carbons (Fsp3) is 0.286. The average Bonchev–Trinajstić information content (AvgIpc) is 2.89. The third-order valence-corrected chi connectivity index (χ3v) is 5.41. The summed E-state index contributed by atoms with van der Waals surface area (Å²) in [5.41, 5.74) is 1.85. The van der Waals surface area contributed by atoms with E-state index in [1.165, 1.54) is 0 Å². The van der Waals surface area contributed by atoms with E-state index in [4.69, 9.17) is 9.47 Å². The van der Waals surface area contributed by atoms with Crippen LogP contribution in [0.4, 0.5) is 0 Å². The standard InChI is InChI=1S/C28H32N2O4/c1-3-17-29-28(32)26(19-22-11-6-4-7-12-22)30(20-23-13-10-16-25(18-23)33-2)27(31)21-34-24-14-8-5-9-15-24/h4-16,18,26H,3,17,19-21H2,1-2H3,(H,29,32)/t26-/m0/s1. The van der Waals surface area contributed by atoms with Crippen molar-refractivity contribution in [3.05, 3.63) is 96.1 Å². The van der Waals surface area contributed by atoms with Gasteiger partial charge in [0.2, 0.25) is 5.91 Å². The van der Waals surface area contributed by atoms with E-state index >= 15 is 0 Å². The number of ether oxygens (including phenoxy) is 2. The van der Waals surface area contributed by atoms with Crippen molar-refractivity contribution in [3.8, 4) is 11.5 Å². The minimum Gasteiger partial charge on any atom is -0.497 e. The number of para-hydroxylation sites is 1. The number of rotatable bonds is 12. The van der Waals surface area contributed by atoms with Gasteiger partial charge in [-0.15, -0.1) is 0 Å². The van der Waals surface area contributed by atoms with Gasteiger partial charge in [0.05, 0.1) is 7.11 Å². The van der Waals surface area contributed by atoms with Crippen LogP contribution < -0.4 is 14.8 Å². The van der Waals surface area contributed by atoms with Gasteiger partial charge in [0, 0.05) is 19.5 Å². The Morgan fingerprint density at radius 3 is 2.21 bits per heavy atom. The zero-order valence-electron chi connectivity index (χ0n) is 19.8. The molecule has 3 rings (SSSR count). The highest BCUT2D eigenvalue weighted by Crippen LogP contribution is 2.19. The molecule has 1 atom stereocenters. The zero-order valence-corrected chi connectivity index (χ0v) is 19.8. The molecular weight excluding hydrogens is 428 g/mol. The van der Waals surface area contributed by atoms with Gasteiger partial charge in [-0.05, 0) is 41.8 Å². The van der Waals surface area contributed by atoms with Crippen LogP contribution in [0, 0.1) is 0 Å². The first-order valence-corrected chi connectivity index (χ1v) is 11.5. The van der Waals surface area contributed by atoms with Crippen molar-refractivity contribution < 1.29 is 19.1 Å². The van der Waals surface area contributed by atoms with E-state index in [0.29, 0.717) is 24.5 Å². The van der Waals surface area contributed by atoms with E-state index in [1.54, 1.807) is 24.1 Å². The third-order valence-electron chi connectivity index (χ3n) is 5.41. The molecule has 1 N–H and O–H groups in total. The van der Waals surface area contributed by atoms with Gasteiger partial charge in [0.25, 0.3) is 5.91 Å². The SMILES string of the molecule is CCCNC(=O)[C@H](Cc1ccccc1)N(Cc1cccc(OC)c1)C(=O)COc1ccccc1. The van der Waals surface area contributed by atoms with Crippen LogP contribution in [-0.2, 0) is 22.6 Å². The summed E-state index contributed by atoms with van der Waals surface area (Å²) >= 11 is 0. The molecule has 0 saturated heterocycles. The largest absolute Gasteiger partial charge is 0.497 e. The molecule has 0 saturated carbocycles. The molecule has 0 aliphatic heterocycles. The Morgan fingerprint density at radius 2 is 1.53 bits per heavy atom. The van der Waals surface area contributed by atoms with Gasteiger partial charge < -0.3 is 19.7 Å². The van der Waals surface area contributed by atoms with Crippen LogP contribution in [-0.4, -0.2) is 43.0 Å². The van der Waals surface area contributed by atoms with Crippen LogP contribution in [0.1, 0.15) is 24.5 Å². The highest BCUT2D eigenvalue weighted by Gasteiger charge is 2.30. The fourth-order valence-electron chi connectivity index (χ4n) is 3.63. The topological polar surface area (TPSA) is 67.9 Å². The van der Waals surface area contributed by atoms with E-state index in [-0.39, 0.29) is 25.0 Å². The molecule has 34 heavy (non-hydrogen) atoms. The number of hydrogen-bond donors (Lipinski definition) is 1. The first kappa shape index (κ1) is 24.8. The molecule has 3 aromatic rings. The number of amides is 2. The van der Waals surface area contributed by atoms with Crippen LogP contribution >= 0.6 is 0 Å². The third kappa shape index (κ3) is 7.37. The maximum Gasteiger partial charge on any atom is 0.261 e. The molecular formula is C28H32N2O4. The lowest BCUT2D eigenvalue weighted by Crippen LogP contribution is -2.51. The summed E-state index contributed by atoms with van der Waals surface area (Å²) in [5.74, 6) is 0.855. The molecule has 0 unspecified atom stereocenters. The zero-order chi connectivity index (χ0) is 24.2. The summed E-state index contributed by atoms with van der Waals surface area (Å²) < 4.78 is 11.1. The lowest BCUT2D eigenvalue weighted by molar-refractivity contribution is -0.142. The number of carbonyl (C=O) groups excluding carboxylic acids is 2. The first-order valence-electron chi connectivity index (χ1n) is 11.5. The minimum atomic E-state index is -0.688. The lowest BCUT2D eigenvalue weighted by Gasteiger charge is -2.31. The lowest BCUT2D eigenvalue weighted by atomic mass is 10.0. The van der Waals surface area contributed by atoms with Gasteiger partial charge in [-0.3, -0.25) is 9.59 Å². The number of nitrogens with one attached hydrogen (secondary N) is 1. The smallest absolute Gasteiger partial charge is 0.261 e. The van der Waals surface area contributed by atoms with Crippen LogP contribution in [0.2, 0.25) is 0 Å².